The van der Waals surface area contributed by atoms with Crippen molar-refractivity contribution in [2.45, 2.75) is 30.8 Å². The van der Waals surface area contributed by atoms with Crippen molar-refractivity contribution in [1.82, 2.24) is 20.1 Å². The molecular weight excluding hydrogens is 452 g/mol. The highest BCUT2D eigenvalue weighted by Gasteiger charge is 2.28. The van der Waals surface area contributed by atoms with Gasteiger partial charge in [0.1, 0.15) is 18.0 Å². The SMILES string of the molecule is C=CCn1c(SCC(=O)N[C@@H](C)c2cc3ccccc3o2)nnc1[C@H]1COc2ccccc2O1. The molecule has 2 aromatic carbocycles. The van der Waals surface area contributed by atoms with Crippen LogP contribution in [0.5, 0.6) is 11.5 Å². The summed E-state index contributed by atoms with van der Waals surface area (Å²) in [6.07, 6.45) is 1.36. The molecular formula is C25H24N4O4S. The Hall–Kier alpha value is -3.72. The van der Waals surface area contributed by atoms with Crippen LogP contribution in [0.2, 0.25) is 0 Å². The van der Waals surface area contributed by atoms with Crippen LogP contribution in [0.4, 0.5) is 0 Å². The van der Waals surface area contributed by atoms with E-state index < -0.39 is 6.10 Å². The number of hydrogen-bond donors (Lipinski definition) is 1. The number of aromatic nitrogens is 3. The maximum absolute atomic E-state index is 12.6. The lowest BCUT2D eigenvalue weighted by atomic mass is 10.2. The van der Waals surface area contributed by atoms with Crippen molar-refractivity contribution in [1.29, 1.82) is 0 Å². The monoisotopic (exact) mass is 476 g/mol. The first-order chi connectivity index (χ1) is 16.6. The van der Waals surface area contributed by atoms with Crippen molar-refractivity contribution in [2.75, 3.05) is 12.4 Å². The summed E-state index contributed by atoms with van der Waals surface area (Å²) in [5.41, 5.74) is 0.801. The molecule has 4 aromatic rings. The van der Waals surface area contributed by atoms with E-state index in [1.165, 1.54) is 11.8 Å². The number of para-hydroxylation sites is 3. The summed E-state index contributed by atoms with van der Waals surface area (Å²) in [4.78, 5) is 12.6. The highest BCUT2D eigenvalue weighted by molar-refractivity contribution is 7.99. The van der Waals surface area contributed by atoms with E-state index in [9.17, 15) is 4.79 Å². The number of hydrogen-bond acceptors (Lipinski definition) is 7. The zero-order chi connectivity index (χ0) is 23.5. The Morgan fingerprint density at radius 1 is 1.24 bits per heavy atom. The van der Waals surface area contributed by atoms with E-state index in [2.05, 4.69) is 22.1 Å². The van der Waals surface area contributed by atoms with Gasteiger partial charge in [0.2, 0.25) is 5.91 Å². The number of allylic oxidation sites excluding steroid dienone is 1. The van der Waals surface area contributed by atoms with Gasteiger partial charge in [0.05, 0.1) is 11.8 Å². The highest BCUT2D eigenvalue weighted by atomic mass is 32.2. The zero-order valence-corrected chi connectivity index (χ0v) is 19.5. The van der Waals surface area contributed by atoms with Crippen LogP contribution < -0.4 is 14.8 Å². The number of benzene rings is 2. The summed E-state index contributed by atoms with van der Waals surface area (Å²) in [5.74, 6) is 2.78. The van der Waals surface area contributed by atoms with E-state index in [0.29, 0.717) is 41.4 Å². The summed E-state index contributed by atoms with van der Waals surface area (Å²) in [5, 5.41) is 13.2. The number of thioether (sulfide) groups is 1. The molecule has 0 bridgehead atoms. The molecule has 34 heavy (non-hydrogen) atoms. The van der Waals surface area contributed by atoms with Gasteiger partial charge in [-0.3, -0.25) is 9.36 Å². The summed E-state index contributed by atoms with van der Waals surface area (Å²) in [6.45, 7) is 6.55. The van der Waals surface area contributed by atoms with E-state index in [1.54, 1.807) is 6.08 Å². The van der Waals surface area contributed by atoms with Crippen LogP contribution in [0, 0.1) is 0 Å². The van der Waals surface area contributed by atoms with Crippen molar-refractivity contribution in [3.05, 3.63) is 78.8 Å². The minimum absolute atomic E-state index is 0.126. The maximum Gasteiger partial charge on any atom is 0.231 e. The molecule has 0 spiro atoms. The first kappa shape index (κ1) is 22.1. The Balaban J connectivity index is 1.24. The predicted octanol–water partition coefficient (Wildman–Crippen LogP) is 4.69. The lowest BCUT2D eigenvalue weighted by Crippen LogP contribution is -2.28. The maximum atomic E-state index is 12.6. The number of furan rings is 1. The number of ether oxygens (including phenoxy) is 2. The van der Waals surface area contributed by atoms with Gasteiger partial charge in [-0.1, -0.05) is 48.2 Å². The second kappa shape index (κ2) is 9.64. The molecule has 2 atom stereocenters. The molecule has 3 heterocycles. The Kier molecular flexibility index (Phi) is 6.27. The van der Waals surface area contributed by atoms with Gasteiger partial charge < -0.3 is 19.2 Å². The van der Waals surface area contributed by atoms with Crippen LogP contribution in [-0.4, -0.2) is 33.0 Å². The van der Waals surface area contributed by atoms with Crippen molar-refractivity contribution >= 4 is 28.6 Å². The number of nitrogens with zero attached hydrogens (tertiary/aromatic N) is 3. The van der Waals surface area contributed by atoms with Gasteiger partial charge in [-0.25, -0.2) is 0 Å². The van der Waals surface area contributed by atoms with Crippen molar-refractivity contribution in [3.63, 3.8) is 0 Å². The molecule has 8 nitrogen and oxygen atoms in total. The van der Waals surface area contributed by atoms with Crippen LogP contribution in [-0.2, 0) is 11.3 Å². The Morgan fingerprint density at radius 2 is 2.03 bits per heavy atom. The minimum atomic E-state index is -0.404. The molecule has 0 saturated heterocycles. The zero-order valence-electron chi connectivity index (χ0n) is 18.6. The molecule has 0 radical (unpaired) electrons. The fourth-order valence-corrected chi connectivity index (χ4v) is 4.56. The molecule has 0 saturated carbocycles. The summed E-state index contributed by atoms with van der Waals surface area (Å²) in [6, 6.07) is 17.0. The molecule has 0 unspecified atom stereocenters. The van der Waals surface area contributed by atoms with Crippen LogP contribution in [0.15, 0.2) is 76.8 Å². The minimum Gasteiger partial charge on any atom is -0.485 e. The molecule has 5 rings (SSSR count). The van der Waals surface area contributed by atoms with E-state index >= 15 is 0 Å². The van der Waals surface area contributed by atoms with Gasteiger partial charge in [0.25, 0.3) is 0 Å². The molecule has 1 amide bonds. The number of carbonyl (C=O) groups is 1. The van der Waals surface area contributed by atoms with Gasteiger partial charge in [0.15, 0.2) is 28.6 Å². The van der Waals surface area contributed by atoms with Crippen LogP contribution >= 0.6 is 11.8 Å². The van der Waals surface area contributed by atoms with Crippen LogP contribution in [0.1, 0.15) is 30.7 Å². The predicted molar refractivity (Wildman–Crippen MR) is 129 cm³/mol. The molecule has 174 valence electrons. The van der Waals surface area contributed by atoms with E-state index in [-0.39, 0.29) is 17.7 Å². The van der Waals surface area contributed by atoms with Gasteiger partial charge in [-0.15, -0.1) is 16.8 Å². The summed E-state index contributed by atoms with van der Waals surface area (Å²) in [7, 11) is 0. The standard InChI is InChI=1S/C25H24N4O4S/c1-3-12-29-24(22-14-31-19-10-6-7-11-20(19)33-22)27-28-25(29)34-15-23(30)26-16(2)21-13-17-8-4-5-9-18(17)32-21/h3-11,13,16,22H,1,12,14-15H2,2H3,(H,26,30)/t16-,22+/m0/s1. The van der Waals surface area contributed by atoms with E-state index in [0.717, 1.165) is 11.0 Å². The Bertz CT molecular complexity index is 1300. The van der Waals surface area contributed by atoms with Gasteiger partial charge in [-0.05, 0) is 31.2 Å². The van der Waals surface area contributed by atoms with Gasteiger partial charge in [-0.2, -0.15) is 0 Å². The Morgan fingerprint density at radius 3 is 2.85 bits per heavy atom. The molecule has 0 aliphatic carbocycles. The molecule has 1 aliphatic rings. The number of carbonyl (C=O) groups excluding carboxylic acids is 1. The van der Waals surface area contributed by atoms with E-state index in [4.69, 9.17) is 13.9 Å². The second-order valence-electron chi connectivity index (χ2n) is 7.87. The number of amides is 1. The topological polar surface area (TPSA) is 91.4 Å². The molecule has 1 N–H and O–H groups in total. The lowest BCUT2D eigenvalue weighted by Gasteiger charge is -2.26. The average Bonchev–Trinajstić information content (AvgIpc) is 3.47. The van der Waals surface area contributed by atoms with Crippen LogP contribution in [0.3, 0.4) is 0 Å². The van der Waals surface area contributed by atoms with Crippen molar-refractivity contribution < 1.29 is 18.7 Å². The van der Waals surface area contributed by atoms with Crippen molar-refractivity contribution in [3.8, 4) is 11.5 Å². The first-order valence-corrected chi connectivity index (χ1v) is 11.9. The quantitative estimate of drug-likeness (QED) is 0.291. The van der Waals surface area contributed by atoms with E-state index in [1.807, 2.05) is 66.1 Å². The molecule has 1 aliphatic heterocycles. The molecule has 2 aromatic heterocycles. The third-order valence-electron chi connectivity index (χ3n) is 5.43. The number of fused-ring (bicyclic) bond motifs is 2. The first-order valence-electron chi connectivity index (χ1n) is 11.0. The van der Waals surface area contributed by atoms with Crippen molar-refractivity contribution in [2.24, 2.45) is 0 Å². The largest absolute Gasteiger partial charge is 0.485 e. The smallest absolute Gasteiger partial charge is 0.231 e. The lowest BCUT2D eigenvalue weighted by molar-refractivity contribution is -0.119. The molecule has 9 heteroatoms. The normalized spacial score (nSPS) is 15.7. The second-order valence-corrected chi connectivity index (χ2v) is 8.81. The fourth-order valence-electron chi connectivity index (χ4n) is 3.79. The van der Waals surface area contributed by atoms with Crippen LogP contribution in [0.25, 0.3) is 11.0 Å². The van der Waals surface area contributed by atoms with Gasteiger partial charge in [0, 0.05) is 11.9 Å². The average molecular weight is 477 g/mol. The summed E-state index contributed by atoms with van der Waals surface area (Å²) < 4.78 is 19.7. The number of nitrogens with one attached hydrogen (secondary N) is 1. The fraction of sp³-hybridized carbons (Fsp3) is 0.240. The third-order valence-corrected chi connectivity index (χ3v) is 6.40. The highest BCUT2D eigenvalue weighted by Crippen LogP contribution is 2.36. The Labute approximate surface area is 200 Å². The third kappa shape index (κ3) is 4.51. The van der Waals surface area contributed by atoms with Gasteiger partial charge >= 0.3 is 0 Å². The molecule has 0 fully saturated rings. The number of rotatable bonds is 8. The summed E-state index contributed by atoms with van der Waals surface area (Å²) >= 11 is 1.31.